The minimum Gasteiger partial charge on any atom is -0.443 e. The first-order valence-electron chi connectivity index (χ1n) is 2.83. The summed E-state index contributed by atoms with van der Waals surface area (Å²) >= 11 is 0. The Morgan fingerprint density at radius 2 is 2.50 bits per heavy atom. The van der Waals surface area contributed by atoms with Crippen molar-refractivity contribution in [3.8, 4) is 0 Å². The first kappa shape index (κ1) is 5.16. The molecule has 0 aromatic carbocycles. The van der Waals surface area contributed by atoms with Gasteiger partial charge in [-0.15, -0.1) is 0 Å². The minimum atomic E-state index is 0.588. The highest BCUT2D eigenvalue weighted by molar-refractivity contribution is 4.71. The molecule has 0 atom stereocenters. The van der Waals surface area contributed by atoms with E-state index in [2.05, 4.69) is 20.2 Å². The lowest BCUT2D eigenvalue weighted by Gasteiger charge is -1.89. The highest BCUT2D eigenvalue weighted by Crippen LogP contribution is 1.84. The molecule has 0 aliphatic carbocycles. The van der Waals surface area contributed by atoms with Crippen LogP contribution in [0.5, 0.6) is 0 Å². The fourth-order valence-electron chi connectivity index (χ4n) is 0.716. The average molecular weight is 138 g/mol. The van der Waals surface area contributed by atoms with Crippen molar-refractivity contribution < 1.29 is 4.42 Å². The van der Waals surface area contributed by atoms with Crippen molar-refractivity contribution in [3.05, 3.63) is 29.8 Å². The Bertz CT molecular complexity index is 318. The third kappa shape index (κ3) is 0.680. The van der Waals surface area contributed by atoms with E-state index < -0.39 is 0 Å². The zero-order valence-electron chi connectivity index (χ0n) is 5.09. The second kappa shape index (κ2) is 1.94. The molecule has 0 spiro atoms. The van der Waals surface area contributed by atoms with Gasteiger partial charge in [-0.05, 0) is 0 Å². The van der Waals surface area contributed by atoms with Crippen LogP contribution in [0.3, 0.4) is 0 Å². The summed E-state index contributed by atoms with van der Waals surface area (Å²) in [4.78, 5) is 6.84. The molecule has 2 rings (SSSR count). The Kier molecular flexibility index (Phi) is 1.00. The molecule has 0 aromatic rings. The number of hydrogen-bond donors (Lipinski definition) is 3. The monoisotopic (exact) mass is 138 g/mol. The molecular weight excluding hydrogens is 132 g/mol. The van der Waals surface area contributed by atoms with Crippen LogP contribution in [-0.2, 0) is 0 Å². The normalized spacial score (nSPS) is 10.0. The van der Waals surface area contributed by atoms with Crippen LogP contribution in [0.1, 0.15) is 0 Å². The maximum absolute atomic E-state index is 5.03. The van der Waals surface area contributed by atoms with Gasteiger partial charge in [-0.2, -0.15) is 0 Å². The fraction of sp³-hybridized carbons (Fsp3) is 0. The Balaban J connectivity index is 3.04. The van der Waals surface area contributed by atoms with Gasteiger partial charge in [0.1, 0.15) is 12.6 Å². The van der Waals surface area contributed by atoms with Crippen molar-refractivity contribution in [2.24, 2.45) is 0 Å². The molecule has 0 aromatic heterocycles. The minimum absolute atomic E-state index is 0.588. The topological polar surface area (TPSA) is 73.4 Å². The molecule has 3 N–H and O–H groups in total. The Labute approximate surface area is 55.4 Å². The van der Waals surface area contributed by atoms with Gasteiger partial charge < -0.3 is 9.40 Å². The van der Waals surface area contributed by atoms with Gasteiger partial charge in [0.2, 0.25) is 0 Å². The van der Waals surface area contributed by atoms with Gasteiger partial charge in [0.05, 0.1) is 0 Å². The number of nitrogens with zero attached hydrogens (tertiary/aromatic N) is 1. The van der Waals surface area contributed by atoms with E-state index >= 15 is 0 Å². The number of rotatable bonds is 0. The molecule has 0 fully saturated rings. The Hall–Kier alpha value is -1.65. The van der Waals surface area contributed by atoms with Gasteiger partial charge in [0.15, 0.2) is 5.48 Å². The summed E-state index contributed by atoms with van der Waals surface area (Å²) in [5, 5.41) is 5.45. The quantitative estimate of drug-likeness (QED) is 0.496. The molecule has 10 heavy (non-hydrogen) atoms. The van der Waals surface area contributed by atoms with E-state index in [1.54, 1.807) is 6.20 Å². The fourth-order valence-corrected chi connectivity index (χ4v) is 0.716. The largest absolute Gasteiger partial charge is 0.443 e. The van der Waals surface area contributed by atoms with Crippen molar-refractivity contribution >= 4 is 0 Å². The lowest BCUT2D eigenvalue weighted by atomic mass is 10.8. The second-order valence-electron chi connectivity index (χ2n) is 1.77. The summed E-state index contributed by atoms with van der Waals surface area (Å²) in [6.45, 7) is 0. The molecule has 0 unspecified atom stereocenters. The first-order chi connectivity index (χ1) is 4.97. The van der Waals surface area contributed by atoms with Crippen molar-refractivity contribution in [2.75, 3.05) is 0 Å². The van der Waals surface area contributed by atoms with Crippen LogP contribution in [0.25, 0.3) is 0 Å². The molecule has 0 saturated carbocycles. The molecule has 2 heterocycles. The summed E-state index contributed by atoms with van der Waals surface area (Å²) in [7, 11) is 0. The average Bonchev–Trinajstić information content (AvgIpc) is 2.05. The molecule has 0 saturated heterocycles. The summed E-state index contributed by atoms with van der Waals surface area (Å²) in [6, 6.07) is 0. The summed E-state index contributed by atoms with van der Waals surface area (Å²) < 4.78 is 5.03. The van der Waals surface area contributed by atoms with Crippen LogP contribution in [-0.4, -0.2) is 20.2 Å². The van der Waals surface area contributed by atoms with E-state index in [0.717, 1.165) is 0 Å². The zero-order chi connectivity index (χ0) is 6.81. The molecular formula is C5H6N4O. The van der Waals surface area contributed by atoms with Gasteiger partial charge in [-0.25, -0.2) is 4.98 Å². The zero-order valence-corrected chi connectivity index (χ0v) is 5.09. The predicted octanol–water partition coefficient (Wildman–Crippen LogP) is 0.508. The van der Waals surface area contributed by atoms with Crippen LogP contribution >= 0.6 is 0 Å². The Morgan fingerprint density at radius 3 is 3.40 bits per heavy atom. The van der Waals surface area contributed by atoms with Crippen LogP contribution < -0.4 is 0 Å². The lowest BCUT2D eigenvalue weighted by Crippen LogP contribution is -1.90. The number of H-pyrrole nitrogens is 3. The third-order valence-corrected chi connectivity index (χ3v) is 1.13. The molecule has 52 valence electrons. The van der Waals surface area contributed by atoms with Gasteiger partial charge in [-0.1, -0.05) is 0 Å². The molecule has 5 nitrogen and oxygen atoms in total. The van der Waals surface area contributed by atoms with E-state index in [1.165, 1.54) is 12.6 Å². The van der Waals surface area contributed by atoms with Gasteiger partial charge in [0, 0.05) is 6.20 Å². The van der Waals surface area contributed by atoms with Crippen LogP contribution in [0.15, 0.2) is 23.2 Å². The van der Waals surface area contributed by atoms with Crippen molar-refractivity contribution in [1.82, 2.24) is 20.2 Å². The predicted molar refractivity (Wildman–Crippen MR) is 32.5 cm³/mol. The second-order valence-corrected chi connectivity index (χ2v) is 1.77. The maximum atomic E-state index is 5.03. The van der Waals surface area contributed by atoms with E-state index in [9.17, 15) is 0 Å². The first-order valence-corrected chi connectivity index (χ1v) is 2.83. The van der Waals surface area contributed by atoms with E-state index in [0.29, 0.717) is 11.0 Å². The molecule has 2 aliphatic heterocycles. The van der Waals surface area contributed by atoms with Gasteiger partial charge >= 0.3 is 0 Å². The number of nitrogens with one attached hydrogen (secondary N) is 3. The highest BCUT2D eigenvalue weighted by atomic mass is 16.3. The molecule has 0 bridgehead atoms. The Morgan fingerprint density at radius 1 is 1.50 bits per heavy atom. The molecule has 0 amide bonds. The molecule has 5 heteroatoms. The highest BCUT2D eigenvalue weighted by Gasteiger charge is 1.84. The standard InChI is InChI=1S/C5H6N4O/c1-2-10-5-4(6-1)7-3-8-9-5/h1-3,6,9H,(H,7,8). The van der Waals surface area contributed by atoms with E-state index in [4.69, 9.17) is 4.42 Å². The summed E-state index contributed by atoms with van der Waals surface area (Å²) in [6.07, 6.45) is 4.74. The SMILES string of the molecule is c1nc2[nH]ccoc=2[nH][nH]1. The van der Waals surface area contributed by atoms with Gasteiger partial charge in [-0.3, -0.25) is 10.2 Å². The lowest BCUT2D eigenvalue weighted by molar-refractivity contribution is 0.470. The van der Waals surface area contributed by atoms with Crippen molar-refractivity contribution in [3.63, 3.8) is 0 Å². The van der Waals surface area contributed by atoms with Gasteiger partial charge in [0.25, 0.3) is 5.55 Å². The van der Waals surface area contributed by atoms with E-state index in [-0.39, 0.29) is 0 Å². The summed E-state index contributed by atoms with van der Waals surface area (Å²) in [5.41, 5.74) is 1.27. The van der Waals surface area contributed by atoms with Crippen LogP contribution in [0.4, 0.5) is 0 Å². The molecule has 2 aliphatic rings. The molecule has 0 radical (unpaired) electrons. The smallest absolute Gasteiger partial charge is 0.255 e. The number of aromatic nitrogens is 4. The van der Waals surface area contributed by atoms with Crippen molar-refractivity contribution in [2.45, 2.75) is 0 Å². The van der Waals surface area contributed by atoms with E-state index in [1.807, 2.05) is 0 Å². The van der Waals surface area contributed by atoms with Crippen molar-refractivity contribution in [1.29, 1.82) is 0 Å². The van der Waals surface area contributed by atoms with Crippen LogP contribution in [0.2, 0.25) is 0 Å². The summed E-state index contributed by atoms with van der Waals surface area (Å²) in [5.74, 6) is 0. The maximum Gasteiger partial charge on any atom is 0.255 e. The number of hydrogen-bond acceptors (Lipinski definition) is 2. The third-order valence-electron chi connectivity index (χ3n) is 1.13. The number of aromatic amines is 3. The van der Waals surface area contributed by atoms with Crippen LogP contribution in [0, 0.1) is 11.0 Å².